The molecule has 1 aliphatic rings. The van der Waals surface area contributed by atoms with E-state index in [-0.39, 0.29) is 6.61 Å². The van der Waals surface area contributed by atoms with Crippen molar-refractivity contribution in [1.82, 2.24) is 0 Å². The van der Waals surface area contributed by atoms with Gasteiger partial charge in [-0.2, -0.15) is 0 Å². The fourth-order valence-electron chi connectivity index (χ4n) is 1.94. The molecule has 3 heteroatoms. The Morgan fingerprint density at radius 2 is 2.15 bits per heavy atom. The fraction of sp³-hybridized carbons (Fsp3) is 1.00. The van der Waals surface area contributed by atoms with Crippen molar-refractivity contribution in [3.63, 3.8) is 0 Å². The number of aliphatic hydroxyl groups is 1. The van der Waals surface area contributed by atoms with Crippen LogP contribution in [0.25, 0.3) is 0 Å². The first kappa shape index (κ1) is 11.0. The zero-order valence-corrected chi connectivity index (χ0v) is 8.24. The molecule has 1 aliphatic carbocycles. The molecule has 0 aromatic rings. The summed E-state index contributed by atoms with van der Waals surface area (Å²) in [5.74, 6) is 0.578. The van der Waals surface area contributed by atoms with Crippen molar-refractivity contribution >= 4 is 0 Å². The van der Waals surface area contributed by atoms with Crippen LogP contribution in [0.15, 0.2) is 0 Å². The van der Waals surface area contributed by atoms with Gasteiger partial charge in [0.25, 0.3) is 0 Å². The molecule has 0 aliphatic heterocycles. The van der Waals surface area contributed by atoms with Gasteiger partial charge in [0.2, 0.25) is 0 Å². The van der Waals surface area contributed by atoms with E-state index in [1.807, 2.05) is 0 Å². The summed E-state index contributed by atoms with van der Waals surface area (Å²) in [5.41, 5.74) is 5.63. The molecule has 0 aromatic heterocycles. The highest BCUT2D eigenvalue weighted by atomic mass is 16.5. The normalized spacial score (nSPS) is 28.2. The van der Waals surface area contributed by atoms with Crippen molar-refractivity contribution in [3.05, 3.63) is 0 Å². The number of unbranched alkanes of at least 4 members (excludes halogenated alkanes) is 1. The van der Waals surface area contributed by atoms with E-state index >= 15 is 0 Å². The molecule has 0 amide bonds. The largest absolute Gasteiger partial charge is 0.396 e. The van der Waals surface area contributed by atoms with Gasteiger partial charge in [0.15, 0.2) is 0 Å². The van der Waals surface area contributed by atoms with E-state index in [0.29, 0.717) is 12.0 Å². The molecule has 0 radical (unpaired) electrons. The SMILES string of the molecule is NCC1CCCC1OCCCCO. The van der Waals surface area contributed by atoms with E-state index in [0.717, 1.165) is 26.0 Å². The van der Waals surface area contributed by atoms with Crippen LogP contribution in [0.1, 0.15) is 32.1 Å². The van der Waals surface area contributed by atoms with E-state index < -0.39 is 0 Å². The average Bonchev–Trinajstić information content (AvgIpc) is 2.60. The summed E-state index contributed by atoms with van der Waals surface area (Å²) < 4.78 is 5.72. The Morgan fingerprint density at radius 1 is 1.31 bits per heavy atom. The van der Waals surface area contributed by atoms with E-state index in [1.54, 1.807) is 0 Å². The lowest BCUT2D eigenvalue weighted by Gasteiger charge is -2.18. The highest BCUT2D eigenvalue weighted by Gasteiger charge is 2.26. The summed E-state index contributed by atoms with van der Waals surface area (Å²) in [5, 5.41) is 8.58. The summed E-state index contributed by atoms with van der Waals surface area (Å²) in [6.07, 6.45) is 5.85. The maximum absolute atomic E-state index is 8.58. The Balaban J connectivity index is 2.06. The number of ether oxygens (including phenoxy) is 1. The third-order valence-electron chi connectivity index (χ3n) is 2.78. The van der Waals surface area contributed by atoms with Gasteiger partial charge in [0.05, 0.1) is 6.10 Å². The molecule has 3 N–H and O–H groups in total. The van der Waals surface area contributed by atoms with E-state index in [2.05, 4.69) is 0 Å². The molecule has 1 saturated carbocycles. The van der Waals surface area contributed by atoms with Gasteiger partial charge >= 0.3 is 0 Å². The van der Waals surface area contributed by atoms with Crippen LogP contribution in [0, 0.1) is 5.92 Å². The number of hydrogen-bond acceptors (Lipinski definition) is 3. The van der Waals surface area contributed by atoms with Gasteiger partial charge in [-0.1, -0.05) is 6.42 Å². The number of aliphatic hydroxyl groups excluding tert-OH is 1. The molecule has 78 valence electrons. The minimum Gasteiger partial charge on any atom is -0.396 e. The van der Waals surface area contributed by atoms with Crippen LogP contribution in [0.3, 0.4) is 0 Å². The molecular weight excluding hydrogens is 166 g/mol. The van der Waals surface area contributed by atoms with Crippen LogP contribution >= 0.6 is 0 Å². The number of rotatable bonds is 6. The highest BCUT2D eigenvalue weighted by molar-refractivity contribution is 4.78. The van der Waals surface area contributed by atoms with Gasteiger partial charge in [-0.3, -0.25) is 0 Å². The van der Waals surface area contributed by atoms with Crippen LogP contribution in [0.5, 0.6) is 0 Å². The lowest BCUT2D eigenvalue weighted by Crippen LogP contribution is -2.25. The summed E-state index contributed by atoms with van der Waals surface area (Å²) >= 11 is 0. The van der Waals surface area contributed by atoms with Crippen LogP contribution in [-0.4, -0.2) is 31.0 Å². The Kier molecular flexibility index (Phi) is 5.35. The molecule has 0 heterocycles. The monoisotopic (exact) mass is 187 g/mol. The second kappa shape index (κ2) is 6.35. The summed E-state index contributed by atoms with van der Waals surface area (Å²) in [6, 6.07) is 0. The zero-order valence-electron chi connectivity index (χ0n) is 8.24. The molecular formula is C10H21NO2. The average molecular weight is 187 g/mol. The second-order valence-electron chi connectivity index (χ2n) is 3.77. The van der Waals surface area contributed by atoms with Crippen LogP contribution in [0.2, 0.25) is 0 Å². The lowest BCUT2D eigenvalue weighted by molar-refractivity contribution is 0.0265. The van der Waals surface area contributed by atoms with Crippen LogP contribution in [-0.2, 0) is 4.74 Å². The smallest absolute Gasteiger partial charge is 0.0615 e. The molecule has 2 unspecified atom stereocenters. The van der Waals surface area contributed by atoms with E-state index in [1.165, 1.54) is 19.3 Å². The number of hydrogen-bond donors (Lipinski definition) is 2. The van der Waals surface area contributed by atoms with E-state index in [4.69, 9.17) is 15.6 Å². The first-order valence-corrected chi connectivity index (χ1v) is 5.31. The Bertz CT molecular complexity index is 130. The van der Waals surface area contributed by atoms with Gasteiger partial charge in [-0.15, -0.1) is 0 Å². The Morgan fingerprint density at radius 3 is 2.85 bits per heavy atom. The van der Waals surface area contributed by atoms with Crippen LogP contribution in [0.4, 0.5) is 0 Å². The van der Waals surface area contributed by atoms with Gasteiger partial charge in [0.1, 0.15) is 0 Å². The first-order valence-electron chi connectivity index (χ1n) is 5.31. The standard InChI is InChI=1S/C10H21NO2/c11-8-9-4-3-5-10(9)13-7-2-1-6-12/h9-10,12H,1-8,11H2. The van der Waals surface area contributed by atoms with Crippen molar-refractivity contribution in [1.29, 1.82) is 0 Å². The molecule has 1 fully saturated rings. The predicted molar refractivity (Wildman–Crippen MR) is 52.5 cm³/mol. The van der Waals surface area contributed by atoms with Gasteiger partial charge in [0, 0.05) is 13.2 Å². The van der Waals surface area contributed by atoms with Crippen LogP contribution < -0.4 is 5.73 Å². The molecule has 0 bridgehead atoms. The van der Waals surface area contributed by atoms with Crippen molar-refractivity contribution in [2.75, 3.05) is 19.8 Å². The minimum absolute atomic E-state index is 0.272. The predicted octanol–water partition coefficient (Wildman–Crippen LogP) is 0.903. The van der Waals surface area contributed by atoms with Gasteiger partial charge in [-0.05, 0) is 38.1 Å². The first-order chi connectivity index (χ1) is 6.38. The summed E-state index contributed by atoms with van der Waals surface area (Å²) in [6.45, 7) is 1.81. The molecule has 2 atom stereocenters. The van der Waals surface area contributed by atoms with Crippen molar-refractivity contribution in [2.24, 2.45) is 11.7 Å². The van der Waals surface area contributed by atoms with Gasteiger partial charge < -0.3 is 15.6 Å². The molecule has 13 heavy (non-hydrogen) atoms. The fourth-order valence-corrected chi connectivity index (χ4v) is 1.94. The maximum Gasteiger partial charge on any atom is 0.0615 e. The van der Waals surface area contributed by atoms with E-state index in [9.17, 15) is 0 Å². The third-order valence-corrected chi connectivity index (χ3v) is 2.78. The molecule has 0 saturated heterocycles. The quantitative estimate of drug-likeness (QED) is 0.607. The van der Waals surface area contributed by atoms with Gasteiger partial charge in [-0.25, -0.2) is 0 Å². The lowest BCUT2D eigenvalue weighted by atomic mass is 10.1. The third kappa shape index (κ3) is 3.63. The molecule has 0 spiro atoms. The minimum atomic E-state index is 0.272. The maximum atomic E-state index is 8.58. The zero-order chi connectivity index (χ0) is 9.52. The Labute approximate surface area is 80.3 Å². The summed E-state index contributed by atoms with van der Waals surface area (Å²) in [4.78, 5) is 0. The van der Waals surface area contributed by atoms with Crippen molar-refractivity contribution in [2.45, 2.75) is 38.2 Å². The van der Waals surface area contributed by atoms with Crippen molar-refractivity contribution in [3.8, 4) is 0 Å². The Hall–Kier alpha value is -0.120. The topological polar surface area (TPSA) is 55.5 Å². The second-order valence-corrected chi connectivity index (χ2v) is 3.77. The molecule has 3 nitrogen and oxygen atoms in total. The molecule has 1 rings (SSSR count). The molecule has 0 aromatic carbocycles. The highest BCUT2D eigenvalue weighted by Crippen LogP contribution is 2.27. The summed E-state index contributed by atoms with van der Waals surface area (Å²) in [7, 11) is 0. The number of nitrogens with two attached hydrogens (primary N) is 1. The van der Waals surface area contributed by atoms with Crippen molar-refractivity contribution < 1.29 is 9.84 Å².